The maximum atomic E-state index is 12.1. The van der Waals surface area contributed by atoms with E-state index in [1.807, 2.05) is 24.3 Å². The van der Waals surface area contributed by atoms with Gasteiger partial charge in [0.1, 0.15) is 6.04 Å². The molecule has 1 aliphatic rings. The third kappa shape index (κ3) is 3.09. The van der Waals surface area contributed by atoms with Gasteiger partial charge in [-0.05, 0) is 17.5 Å². The molecular formula is C14H20N2O2. The average molecular weight is 248 g/mol. The summed E-state index contributed by atoms with van der Waals surface area (Å²) in [4.78, 5) is 12.1. The molecule has 4 heteroatoms. The number of carbonyl (C=O) groups is 1. The van der Waals surface area contributed by atoms with Crippen LogP contribution < -0.4 is 10.6 Å². The van der Waals surface area contributed by atoms with Crippen LogP contribution >= 0.6 is 0 Å². The van der Waals surface area contributed by atoms with Crippen LogP contribution in [0.1, 0.15) is 25.3 Å². The van der Waals surface area contributed by atoms with E-state index < -0.39 is 0 Å². The number of carbonyl (C=O) groups excluding carboxylic acids is 1. The molecule has 4 nitrogen and oxygen atoms in total. The molecule has 1 aromatic carbocycles. The Morgan fingerprint density at radius 3 is 2.89 bits per heavy atom. The van der Waals surface area contributed by atoms with Gasteiger partial charge in [-0.15, -0.1) is 0 Å². The van der Waals surface area contributed by atoms with Crippen molar-refractivity contribution in [3.8, 4) is 0 Å². The zero-order valence-corrected chi connectivity index (χ0v) is 10.9. The van der Waals surface area contributed by atoms with Crippen LogP contribution in [0.3, 0.4) is 0 Å². The highest BCUT2D eigenvalue weighted by Gasteiger charge is 2.21. The molecule has 0 aromatic heterocycles. The molecule has 0 radical (unpaired) electrons. The van der Waals surface area contributed by atoms with Crippen LogP contribution in [0.2, 0.25) is 0 Å². The lowest BCUT2D eigenvalue weighted by Crippen LogP contribution is -2.48. The standard InChI is InChI=1S/C14H20N2O2/c1-10(2)11-5-3-4-6-12(11)16-14(17)13-9-18-8-7-15-13/h3-6,10,13,15H,7-9H2,1-2H3,(H,16,17). The monoisotopic (exact) mass is 248 g/mol. The highest BCUT2D eigenvalue weighted by molar-refractivity contribution is 5.95. The van der Waals surface area contributed by atoms with Crippen molar-refractivity contribution in [2.75, 3.05) is 25.1 Å². The molecule has 1 aliphatic heterocycles. The molecule has 2 N–H and O–H groups in total. The van der Waals surface area contributed by atoms with Crippen LogP contribution in [0.25, 0.3) is 0 Å². The largest absolute Gasteiger partial charge is 0.378 e. The Labute approximate surface area is 108 Å². The number of hydrogen-bond donors (Lipinski definition) is 2. The van der Waals surface area contributed by atoms with E-state index in [2.05, 4.69) is 24.5 Å². The number of nitrogens with one attached hydrogen (secondary N) is 2. The third-order valence-corrected chi connectivity index (χ3v) is 3.08. The second kappa shape index (κ2) is 5.98. The van der Waals surface area contributed by atoms with Gasteiger partial charge >= 0.3 is 0 Å². The number of benzene rings is 1. The van der Waals surface area contributed by atoms with Crippen LogP contribution in [0.15, 0.2) is 24.3 Å². The van der Waals surface area contributed by atoms with Crippen LogP contribution in [0, 0.1) is 0 Å². The fraction of sp³-hybridized carbons (Fsp3) is 0.500. The Bertz CT molecular complexity index is 412. The zero-order chi connectivity index (χ0) is 13.0. The van der Waals surface area contributed by atoms with Crippen molar-refractivity contribution in [3.63, 3.8) is 0 Å². The minimum Gasteiger partial charge on any atom is -0.378 e. The van der Waals surface area contributed by atoms with Crippen LogP contribution in [-0.4, -0.2) is 31.7 Å². The lowest BCUT2D eigenvalue weighted by molar-refractivity contribution is -0.120. The van der Waals surface area contributed by atoms with Gasteiger partial charge in [0.2, 0.25) is 5.91 Å². The van der Waals surface area contributed by atoms with Gasteiger partial charge in [0.05, 0.1) is 13.2 Å². The summed E-state index contributed by atoms with van der Waals surface area (Å²) in [5.41, 5.74) is 2.05. The van der Waals surface area contributed by atoms with Gasteiger partial charge in [0.25, 0.3) is 0 Å². The van der Waals surface area contributed by atoms with E-state index >= 15 is 0 Å². The van der Waals surface area contributed by atoms with E-state index in [0.29, 0.717) is 19.1 Å². The van der Waals surface area contributed by atoms with E-state index in [4.69, 9.17) is 4.74 Å². The summed E-state index contributed by atoms with van der Waals surface area (Å²) in [6.45, 7) is 6.08. The molecule has 1 atom stereocenters. The quantitative estimate of drug-likeness (QED) is 0.856. The molecule has 1 heterocycles. The predicted molar refractivity (Wildman–Crippen MR) is 71.8 cm³/mol. The summed E-state index contributed by atoms with van der Waals surface area (Å²) in [5, 5.41) is 6.13. The first-order chi connectivity index (χ1) is 8.68. The molecule has 1 fully saturated rings. The Morgan fingerprint density at radius 1 is 1.44 bits per heavy atom. The topological polar surface area (TPSA) is 50.4 Å². The summed E-state index contributed by atoms with van der Waals surface area (Å²) in [6, 6.07) is 7.67. The molecule has 2 rings (SSSR count). The van der Waals surface area contributed by atoms with Crippen LogP contribution in [0.4, 0.5) is 5.69 Å². The van der Waals surface area contributed by atoms with Crippen LogP contribution in [0.5, 0.6) is 0 Å². The van der Waals surface area contributed by atoms with E-state index in [-0.39, 0.29) is 11.9 Å². The number of amides is 1. The molecular weight excluding hydrogens is 228 g/mol. The number of hydrogen-bond acceptors (Lipinski definition) is 3. The zero-order valence-electron chi connectivity index (χ0n) is 10.9. The third-order valence-electron chi connectivity index (χ3n) is 3.08. The molecule has 0 bridgehead atoms. The average Bonchev–Trinajstić information content (AvgIpc) is 2.40. The molecule has 1 amide bonds. The Hall–Kier alpha value is -1.39. The molecule has 0 aliphatic carbocycles. The maximum Gasteiger partial charge on any atom is 0.243 e. The van der Waals surface area contributed by atoms with Gasteiger partial charge in [-0.3, -0.25) is 4.79 Å². The Morgan fingerprint density at radius 2 is 2.22 bits per heavy atom. The molecule has 1 aromatic rings. The maximum absolute atomic E-state index is 12.1. The van der Waals surface area contributed by atoms with Crippen molar-refractivity contribution < 1.29 is 9.53 Å². The first-order valence-electron chi connectivity index (χ1n) is 6.39. The fourth-order valence-electron chi connectivity index (χ4n) is 2.07. The lowest BCUT2D eigenvalue weighted by Gasteiger charge is -2.23. The van der Waals surface area contributed by atoms with E-state index in [9.17, 15) is 4.79 Å². The molecule has 0 saturated carbocycles. The number of morpholine rings is 1. The molecule has 1 saturated heterocycles. The van der Waals surface area contributed by atoms with Crippen LogP contribution in [-0.2, 0) is 9.53 Å². The minimum atomic E-state index is -0.251. The van der Waals surface area contributed by atoms with Crippen molar-refractivity contribution in [2.24, 2.45) is 0 Å². The lowest BCUT2D eigenvalue weighted by atomic mass is 10.0. The second-order valence-corrected chi connectivity index (χ2v) is 4.81. The van der Waals surface area contributed by atoms with Gasteiger partial charge in [-0.2, -0.15) is 0 Å². The summed E-state index contributed by atoms with van der Waals surface area (Å²) in [5.74, 6) is 0.361. The number of ether oxygens (including phenoxy) is 1. The van der Waals surface area contributed by atoms with Gasteiger partial charge in [-0.1, -0.05) is 32.0 Å². The predicted octanol–water partition coefficient (Wildman–Crippen LogP) is 1.74. The molecule has 1 unspecified atom stereocenters. The van der Waals surface area contributed by atoms with Crippen molar-refractivity contribution in [1.29, 1.82) is 0 Å². The molecule has 98 valence electrons. The number of rotatable bonds is 3. The van der Waals surface area contributed by atoms with Crippen molar-refractivity contribution >= 4 is 11.6 Å². The smallest absolute Gasteiger partial charge is 0.243 e. The minimum absolute atomic E-state index is 0.0252. The SMILES string of the molecule is CC(C)c1ccccc1NC(=O)C1COCCN1. The summed E-state index contributed by atoms with van der Waals surface area (Å²) in [7, 11) is 0. The van der Waals surface area contributed by atoms with E-state index in [1.54, 1.807) is 0 Å². The summed E-state index contributed by atoms with van der Waals surface area (Å²) < 4.78 is 5.30. The molecule has 18 heavy (non-hydrogen) atoms. The number of para-hydroxylation sites is 1. The van der Waals surface area contributed by atoms with Crippen molar-refractivity contribution in [2.45, 2.75) is 25.8 Å². The van der Waals surface area contributed by atoms with E-state index in [1.165, 1.54) is 0 Å². The normalized spacial score (nSPS) is 19.8. The Kier molecular flexibility index (Phi) is 4.33. The fourth-order valence-corrected chi connectivity index (χ4v) is 2.07. The molecule has 0 spiro atoms. The van der Waals surface area contributed by atoms with Gasteiger partial charge in [0.15, 0.2) is 0 Å². The number of anilines is 1. The highest BCUT2D eigenvalue weighted by Crippen LogP contribution is 2.23. The van der Waals surface area contributed by atoms with Crippen molar-refractivity contribution in [1.82, 2.24) is 5.32 Å². The van der Waals surface area contributed by atoms with Crippen molar-refractivity contribution in [3.05, 3.63) is 29.8 Å². The first kappa shape index (κ1) is 13.1. The Balaban J connectivity index is 2.06. The van der Waals surface area contributed by atoms with Gasteiger partial charge < -0.3 is 15.4 Å². The van der Waals surface area contributed by atoms with Gasteiger partial charge in [-0.25, -0.2) is 0 Å². The van der Waals surface area contributed by atoms with E-state index in [0.717, 1.165) is 17.8 Å². The van der Waals surface area contributed by atoms with Gasteiger partial charge in [0, 0.05) is 12.2 Å². The summed E-state index contributed by atoms with van der Waals surface area (Å²) >= 11 is 0. The second-order valence-electron chi connectivity index (χ2n) is 4.81. The first-order valence-corrected chi connectivity index (χ1v) is 6.39. The highest BCUT2D eigenvalue weighted by atomic mass is 16.5. The summed E-state index contributed by atoms with van der Waals surface area (Å²) in [6.07, 6.45) is 0.